The molecular formula is C18H18O6. The van der Waals surface area contributed by atoms with Crippen LogP contribution in [0.15, 0.2) is 42.5 Å². The number of carbonyl (C=O) groups excluding carboxylic acids is 2. The largest absolute Gasteiger partial charge is 0.488 e. The lowest BCUT2D eigenvalue weighted by atomic mass is 10.1. The third-order valence-electron chi connectivity index (χ3n) is 3.25. The molecule has 126 valence electrons. The third kappa shape index (κ3) is 4.33. The second kappa shape index (κ2) is 8.69. The van der Waals surface area contributed by atoms with E-state index in [1.165, 1.54) is 14.2 Å². The number of hydrogen-bond donors (Lipinski definition) is 0. The fourth-order valence-electron chi connectivity index (χ4n) is 2.03. The lowest BCUT2D eigenvalue weighted by Crippen LogP contribution is -2.04. The molecule has 0 aliphatic carbocycles. The number of methoxy groups -OCH3 is 2. The zero-order valence-corrected chi connectivity index (χ0v) is 13.5. The van der Waals surface area contributed by atoms with Gasteiger partial charge in [0.2, 0.25) is 0 Å². The normalized spacial score (nSPS) is 10.1. The van der Waals surface area contributed by atoms with Crippen LogP contribution in [0.3, 0.4) is 0 Å². The van der Waals surface area contributed by atoms with Crippen LogP contribution in [-0.4, -0.2) is 33.3 Å². The average Bonchev–Trinajstić information content (AvgIpc) is 2.64. The minimum absolute atomic E-state index is 0.0410. The van der Waals surface area contributed by atoms with Crippen molar-refractivity contribution in [3.05, 3.63) is 59.2 Å². The summed E-state index contributed by atoms with van der Waals surface area (Å²) in [4.78, 5) is 22.7. The van der Waals surface area contributed by atoms with Gasteiger partial charge in [-0.1, -0.05) is 18.2 Å². The molecule has 0 radical (unpaired) electrons. The maximum atomic E-state index is 11.4. The van der Waals surface area contributed by atoms with Crippen LogP contribution in [0.4, 0.5) is 0 Å². The summed E-state index contributed by atoms with van der Waals surface area (Å²) in [6.07, 6.45) is 0.681. The lowest BCUT2D eigenvalue weighted by Gasteiger charge is -2.12. The van der Waals surface area contributed by atoms with Gasteiger partial charge >= 0.3 is 5.97 Å². The van der Waals surface area contributed by atoms with E-state index in [4.69, 9.17) is 14.2 Å². The van der Waals surface area contributed by atoms with E-state index in [-0.39, 0.29) is 13.4 Å². The van der Waals surface area contributed by atoms with Gasteiger partial charge in [-0.2, -0.15) is 0 Å². The monoisotopic (exact) mass is 330 g/mol. The quantitative estimate of drug-likeness (QED) is 0.421. The van der Waals surface area contributed by atoms with Crippen LogP contribution in [0.5, 0.6) is 11.5 Å². The highest BCUT2D eigenvalue weighted by Gasteiger charge is 2.11. The summed E-state index contributed by atoms with van der Waals surface area (Å²) in [5, 5.41) is 0. The standard InChI is InChI=1S/C18H18O6/c1-21-12-24-17-5-3-4-16(15(17)10-19)23-11-13-6-8-14(9-7-13)18(20)22-2/h3-10H,11-12H2,1-2H3. The molecule has 0 saturated carbocycles. The molecule has 0 aliphatic heterocycles. The fourth-order valence-corrected chi connectivity index (χ4v) is 2.03. The molecule has 2 aromatic rings. The number of esters is 1. The summed E-state index contributed by atoms with van der Waals surface area (Å²) in [7, 11) is 2.83. The summed E-state index contributed by atoms with van der Waals surface area (Å²) < 4.78 is 20.5. The fraction of sp³-hybridized carbons (Fsp3) is 0.222. The molecule has 0 bridgehead atoms. The van der Waals surface area contributed by atoms with E-state index in [0.717, 1.165) is 5.56 Å². The van der Waals surface area contributed by atoms with Crippen molar-refractivity contribution in [3.8, 4) is 11.5 Å². The summed E-state index contributed by atoms with van der Waals surface area (Å²) in [5.41, 5.74) is 1.63. The maximum Gasteiger partial charge on any atom is 0.337 e. The molecule has 2 aromatic carbocycles. The van der Waals surface area contributed by atoms with Gasteiger partial charge in [0.15, 0.2) is 13.1 Å². The Hall–Kier alpha value is -2.86. The predicted molar refractivity (Wildman–Crippen MR) is 86.4 cm³/mol. The zero-order chi connectivity index (χ0) is 17.4. The second-order valence-corrected chi connectivity index (χ2v) is 4.81. The molecule has 24 heavy (non-hydrogen) atoms. The lowest BCUT2D eigenvalue weighted by molar-refractivity contribution is 0.0502. The van der Waals surface area contributed by atoms with Gasteiger partial charge in [-0.3, -0.25) is 4.79 Å². The Balaban J connectivity index is 2.08. The van der Waals surface area contributed by atoms with Crippen molar-refractivity contribution in [2.75, 3.05) is 21.0 Å². The molecule has 6 heteroatoms. The first-order chi connectivity index (χ1) is 11.7. The highest BCUT2D eigenvalue weighted by Crippen LogP contribution is 2.27. The highest BCUT2D eigenvalue weighted by molar-refractivity contribution is 5.89. The Labute approximate surface area is 139 Å². The van der Waals surface area contributed by atoms with Gasteiger partial charge < -0.3 is 18.9 Å². The Morgan fingerprint density at radius 2 is 1.67 bits per heavy atom. The molecule has 0 amide bonds. The van der Waals surface area contributed by atoms with Gasteiger partial charge in [0.05, 0.1) is 18.2 Å². The molecule has 0 spiro atoms. The molecule has 0 atom stereocenters. The molecule has 0 heterocycles. The molecule has 0 N–H and O–H groups in total. The van der Waals surface area contributed by atoms with E-state index in [1.54, 1.807) is 42.5 Å². The van der Waals surface area contributed by atoms with Gasteiger partial charge in [-0.25, -0.2) is 4.79 Å². The minimum Gasteiger partial charge on any atom is -0.488 e. The molecular weight excluding hydrogens is 312 g/mol. The number of hydrogen-bond acceptors (Lipinski definition) is 6. The Morgan fingerprint density at radius 3 is 2.25 bits per heavy atom. The van der Waals surface area contributed by atoms with Gasteiger partial charge in [0.25, 0.3) is 0 Å². The Morgan fingerprint density at radius 1 is 1.00 bits per heavy atom. The van der Waals surface area contributed by atoms with E-state index in [0.29, 0.717) is 28.9 Å². The minimum atomic E-state index is -0.395. The Kier molecular flexibility index (Phi) is 6.33. The van der Waals surface area contributed by atoms with Crippen molar-refractivity contribution in [3.63, 3.8) is 0 Å². The predicted octanol–water partition coefficient (Wildman–Crippen LogP) is 2.85. The van der Waals surface area contributed by atoms with Crippen LogP contribution >= 0.6 is 0 Å². The van der Waals surface area contributed by atoms with Gasteiger partial charge in [-0.05, 0) is 29.8 Å². The van der Waals surface area contributed by atoms with Crippen molar-refractivity contribution in [1.29, 1.82) is 0 Å². The summed E-state index contributed by atoms with van der Waals surface area (Å²) in [6, 6.07) is 11.9. The van der Waals surface area contributed by atoms with Crippen LogP contribution < -0.4 is 9.47 Å². The number of benzene rings is 2. The first-order valence-electron chi connectivity index (χ1n) is 7.19. The molecule has 0 saturated heterocycles. The van der Waals surface area contributed by atoms with Crippen molar-refractivity contribution in [2.45, 2.75) is 6.61 Å². The number of aldehydes is 1. The van der Waals surface area contributed by atoms with Crippen LogP contribution in [0.1, 0.15) is 26.3 Å². The average molecular weight is 330 g/mol. The van der Waals surface area contributed by atoms with Crippen molar-refractivity contribution >= 4 is 12.3 Å². The van der Waals surface area contributed by atoms with Crippen molar-refractivity contribution in [1.82, 2.24) is 0 Å². The first-order valence-corrected chi connectivity index (χ1v) is 7.19. The number of carbonyl (C=O) groups is 2. The topological polar surface area (TPSA) is 71.1 Å². The van der Waals surface area contributed by atoms with Crippen LogP contribution in [-0.2, 0) is 16.1 Å². The molecule has 0 aromatic heterocycles. The van der Waals surface area contributed by atoms with E-state index in [9.17, 15) is 9.59 Å². The van der Waals surface area contributed by atoms with Gasteiger partial charge in [0.1, 0.15) is 18.1 Å². The van der Waals surface area contributed by atoms with E-state index in [1.807, 2.05) is 0 Å². The van der Waals surface area contributed by atoms with E-state index >= 15 is 0 Å². The summed E-state index contributed by atoms with van der Waals surface area (Å²) in [5.74, 6) is 0.412. The van der Waals surface area contributed by atoms with Gasteiger partial charge in [0, 0.05) is 7.11 Å². The molecule has 6 nitrogen and oxygen atoms in total. The van der Waals surface area contributed by atoms with E-state index in [2.05, 4.69) is 4.74 Å². The molecule has 2 rings (SSSR count). The van der Waals surface area contributed by atoms with Gasteiger partial charge in [-0.15, -0.1) is 0 Å². The van der Waals surface area contributed by atoms with Crippen LogP contribution in [0.25, 0.3) is 0 Å². The maximum absolute atomic E-state index is 11.4. The van der Waals surface area contributed by atoms with E-state index < -0.39 is 5.97 Å². The molecule has 0 aliphatic rings. The van der Waals surface area contributed by atoms with Crippen LogP contribution in [0.2, 0.25) is 0 Å². The number of rotatable bonds is 8. The SMILES string of the molecule is COCOc1cccc(OCc2ccc(C(=O)OC)cc2)c1C=O. The highest BCUT2D eigenvalue weighted by atomic mass is 16.7. The third-order valence-corrected chi connectivity index (χ3v) is 3.25. The summed E-state index contributed by atoms with van der Waals surface area (Å²) >= 11 is 0. The van der Waals surface area contributed by atoms with Crippen molar-refractivity contribution in [2.24, 2.45) is 0 Å². The van der Waals surface area contributed by atoms with Crippen LogP contribution in [0, 0.1) is 0 Å². The number of ether oxygens (including phenoxy) is 4. The molecule has 0 unspecified atom stereocenters. The van der Waals surface area contributed by atoms with Crippen molar-refractivity contribution < 1.29 is 28.5 Å². The Bertz CT molecular complexity index is 693. The summed E-state index contributed by atoms with van der Waals surface area (Å²) in [6.45, 7) is 0.287. The smallest absolute Gasteiger partial charge is 0.337 e. The zero-order valence-electron chi connectivity index (χ0n) is 13.5. The second-order valence-electron chi connectivity index (χ2n) is 4.81. The molecule has 0 fully saturated rings. The first kappa shape index (κ1) is 17.5.